The van der Waals surface area contributed by atoms with Crippen LogP contribution in [0.2, 0.25) is 0 Å². The number of nitrogens with two attached hydrogens (primary N) is 1. The predicted molar refractivity (Wildman–Crippen MR) is 48.3 cm³/mol. The normalized spacial score (nSPS) is 36.1. The van der Waals surface area contributed by atoms with Crippen LogP contribution in [0.5, 0.6) is 0 Å². The Morgan fingerprint density at radius 2 is 2.38 bits per heavy atom. The molecule has 1 rings (SSSR count). The summed E-state index contributed by atoms with van der Waals surface area (Å²) in [6.07, 6.45) is 1.71. The largest absolute Gasteiger partial charge is 0.480 e. The molecule has 4 atom stereocenters. The van der Waals surface area contributed by atoms with Gasteiger partial charge in [0.1, 0.15) is 6.04 Å². The van der Waals surface area contributed by atoms with E-state index >= 15 is 0 Å². The van der Waals surface area contributed by atoms with Crippen molar-refractivity contribution in [1.82, 2.24) is 0 Å². The van der Waals surface area contributed by atoms with E-state index in [0.29, 0.717) is 0 Å². The van der Waals surface area contributed by atoms with E-state index in [1.807, 2.05) is 13.8 Å². The second-order valence-corrected chi connectivity index (χ2v) is 3.71. The zero-order chi connectivity index (χ0) is 10.0. The van der Waals surface area contributed by atoms with Gasteiger partial charge in [0.05, 0.1) is 12.2 Å². The van der Waals surface area contributed by atoms with E-state index in [1.165, 1.54) is 0 Å². The van der Waals surface area contributed by atoms with E-state index in [-0.39, 0.29) is 18.1 Å². The fourth-order valence-electron chi connectivity index (χ4n) is 1.80. The van der Waals surface area contributed by atoms with Crippen LogP contribution in [0.25, 0.3) is 0 Å². The number of ether oxygens (including phenoxy) is 1. The summed E-state index contributed by atoms with van der Waals surface area (Å²) in [5.74, 6) is -0.732. The molecule has 0 amide bonds. The molecule has 4 nitrogen and oxygen atoms in total. The van der Waals surface area contributed by atoms with E-state index in [1.54, 1.807) is 0 Å². The lowest BCUT2D eigenvalue weighted by atomic mass is 9.96. The molecule has 0 saturated carbocycles. The van der Waals surface area contributed by atoms with Crippen molar-refractivity contribution in [1.29, 1.82) is 0 Å². The Kier molecular flexibility index (Phi) is 3.27. The second-order valence-electron chi connectivity index (χ2n) is 3.71. The molecule has 13 heavy (non-hydrogen) atoms. The SMILES string of the molecule is CC[C@H]1C[C@@H](C)[C@H]([C@H](N)C(=O)O)O1. The van der Waals surface area contributed by atoms with Crippen molar-refractivity contribution in [2.24, 2.45) is 11.7 Å². The fourth-order valence-corrected chi connectivity index (χ4v) is 1.80. The van der Waals surface area contributed by atoms with Crippen LogP contribution in [0.3, 0.4) is 0 Å². The molecule has 1 aliphatic heterocycles. The van der Waals surface area contributed by atoms with Gasteiger partial charge in [-0.3, -0.25) is 4.79 Å². The molecular formula is C9H17NO3. The average Bonchev–Trinajstić information content (AvgIpc) is 2.45. The van der Waals surface area contributed by atoms with Crippen molar-refractivity contribution >= 4 is 5.97 Å². The minimum Gasteiger partial charge on any atom is -0.480 e. The van der Waals surface area contributed by atoms with Crippen LogP contribution in [-0.2, 0) is 9.53 Å². The van der Waals surface area contributed by atoms with Crippen molar-refractivity contribution in [2.75, 3.05) is 0 Å². The fraction of sp³-hybridized carbons (Fsp3) is 0.889. The summed E-state index contributed by atoms with van der Waals surface area (Å²) in [5, 5.41) is 8.71. The summed E-state index contributed by atoms with van der Waals surface area (Å²) in [7, 11) is 0. The Morgan fingerprint density at radius 1 is 1.77 bits per heavy atom. The van der Waals surface area contributed by atoms with Crippen LogP contribution in [0.4, 0.5) is 0 Å². The standard InChI is InChI=1S/C9H17NO3/c1-3-6-4-5(2)8(13-6)7(10)9(11)12/h5-8H,3-4,10H2,1-2H3,(H,11,12)/t5-,6+,7+,8-/m1/s1. The monoisotopic (exact) mass is 187 g/mol. The van der Waals surface area contributed by atoms with Crippen molar-refractivity contribution in [3.05, 3.63) is 0 Å². The summed E-state index contributed by atoms with van der Waals surface area (Å²) in [5.41, 5.74) is 5.50. The highest BCUT2D eigenvalue weighted by Gasteiger charge is 2.38. The number of carbonyl (C=O) groups is 1. The van der Waals surface area contributed by atoms with Gasteiger partial charge in [-0.15, -0.1) is 0 Å². The summed E-state index contributed by atoms with van der Waals surface area (Å²) in [4.78, 5) is 10.6. The zero-order valence-corrected chi connectivity index (χ0v) is 8.06. The first-order valence-corrected chi connectivity index (χ1v) is 4.70. The van der Waals surface area contributed by atoms with Crippen molar-refractivity contribution < 1.29 is 14.6 Å². The number of carboxylic acids is 1. The molecule has 0 aliphatic carbocycles. The minimum absolute atomic E-state index is 0.186. The summed E-state index contributed by atoms with van der Waals surface area (Å²) < 4.78 is 5.54. The van der Waals surface area contributed by atoms with Crippen LogP contribution < -0.4 is 5.73 Å². The second kappa shape index (κ2) is 4.07. The van der Waals surface area contributed by atoms with Crippen LogP contribution in [-0.4, -0.2) is 29.3 Å². The van der Waals surface area contributed by atoms with E-state index in [9.17, 15) is 4.79 Å². The number of hydrogen-bond acceptors (Lipinski definition) is 3. The van der Waals surface area contributed by atoms with E-state index in [0.717, 1.165) is 12.8 Å². The highest BCUT2D eigenvalue weighted by molar-refractivity contribution is 5.74. The van der Waals surface area contributed by atoms with Gasteiger partial charge >= 0.3 is 5.97 Å². The highest BCUT2D eigenvalue weighted by Crippen LogP contribution is 2.29. The number of rotatable bonds is 3. The van der Waals surface area contributed by atoms with Gasteiger partial charge in [0.25, 0.3) is 0 Å². The summed E-state index contributed by atoms with van der Waals surface area (Å²) in [6, 6.07) is -0.883. The third-order valence-corrected chi connectivity index (χ3v) is 2.64. The highest BCUT2D eigenvalue weighted by atomic mass is 16.5. The van der Waals surface area contributed by atoms with E-state index in [4.69, 9.17) is 15.6 Å². The lowest BCUT2D eigenvalue weighted by molar-refractivity contribution is -0.142. The first kappa shape index (κ1) is 10.5. The topological polar surface area (TPSA) is 72.6 Å². The molecule has 1 saturated heterocycles. The van der Waals surface area contributed by atoms with Gasteiger partial charge in [-0.05, 0) is 18.8 Å². The third kappa shape index (κ3) is 2.19. The molecule has 0 aromatic heterocycles. The van der Waals surface area contributed by atoms with Gasteiger partial charge in [0.2, 0.25) is 0 Å². The molecule has 3 N–H and O–H groups in total. The molecular weight excluding hydrogens is 170 g/mol. The van der Waals surface area contributed by atoms with Crippen LogP contribution >= 0.6 is 0 Å². The van der Waals surface area contributed by atoms with Crippen molar-refractivity contribution in [2.45, 2.75) is 44.9 Å². The number of carboxylic acid groups (broad SMARTS) is 1. The maximum absolute atomic E-state index is 10.6. The Labute approximate surface area is 78.1 Å². The predicted octanol–water partition coefficient (Wildman–Crippen LogP) is 0.602. The lowest BCUT2D eigenvalue weighted by Crippen LogP contribution is -2.44. The summed E-state index contributed by atoms with van der Waals surface area (Å²) >= 11 is 0. The van der Waals surface area contributed by atoms with Gasteiger partial charge in [0.15, 0.2) is 0 Å². The molecule has 0 unspecified atom stereocenters. The molecule has 4 heteroatoms. The van der Waals surface area contributed by atoms with Gasteiger partial charge in [0, 0.05) is 0 Å². The molecule has 76 valence electrons. The van der Waals surface area contributed by atoms with Crippen LogP contribution in [0.1, 0.15) is 26.7 Å². The zero-order valence-electron chi connectivity index (χ0n) is 8.06. The summed E-state index contributed by atoms with van der Waals surface area (Å²) in [6.45, 7) is 4.02. The Morgan fingerprint density at radius 3 is 2.77 bits per heavy atom. The first-order chi connectivity index (χ1) is 6.06. The quantitative estimate of drug-likeness (QED) is 0.678. The van der Waals surface area contributed by atoms with Gasteiger partial charge in [-0.2, -0.15) is 0 Å². The smallest absolute Gasteiger partial charge is 0.323 e. The Bertz CT molecular complexity index is 195. The first-order valence-electron chi connectivity index (χ1n) is 4.70. The molecule has 0 aromatic rings. The van der Waals surface area contributed by atoms with Gasteiger partial charge in [-0.25, -0.2) is 0 Å². The number of aliphatic carboxylic acids is 1. The van der Waals surface area contributed by atoms with Gasteiger partial charge < -0.3 is 15.6 Å². The maximum Gasteiger partial charge on any atom is 0.323 e. The third-order valence-electron chi connectivity index (χ3n) is 2.64. The van der Waals surface area contributed by atoms with Crippen LogP contribution in [0, 0.1) is 5.92 Å². The Hall–Kier alpha value is -0.610. The molecule has 1 fully saturated rings. The van der Waals surface area contributed by atoms with Crippen molar-refractivity contribution in [3.8, 4) is 0 Å². The van der Waals surface area contributed by atoms with E-state index in [2.05, 4.69) is 0 Å². The molecule has 1 aliphatic rings. The lowest BCUT2D eigenvalue weighted by Gasteiger charge is -2.19. The molecule has 0 radical (unpaired) electrons. The van der Waals surface area contributed by atoms with E-state index < -0.39 is 12.0 Å². The molecule has 0 spiro atoms. The molecule has 1 heterocycles. The van der Waals surface area contributed by atoms with Crippen LogP contribution in [0.15, 0.2) is 0 Å². The minimum atomic E-state index is -0.978. The number of hydrogen-bond donors (Lipinski definition) is 2. The van der Waals surface area contributed by atoms with Crippen molar-refractivity contribution in [3.63, 3.8) is 0 Å². The average molecular weight is 187 g/mol. The molecule has 0 aromatic carbocycles. The molecule has 0 bridgehead atoms. The van der Waals surface area contributed by atoms with Gasteiger partial charge in [-0.1, -0.05) is 13.8 Å². The maximum atomic E-state index is 10.6. The Balaban J connectivity index is 2.56.